The summed E-state index contributed by atoms with van der Waals surface area (Å²) in [6, 6.07) is 6.61. The third kappa shape index (κ3) is 5.96. The molecular weight excluding hydrogens is 456 g/mol. The summed E-state index contributed by atoms with van der Waals surface area (Å²) in [4.78, 5) is 14.4. The molecule has 1 saturated heterocycles. The Morgan fingerprint density at radius 2 is 1.88 bits per heavy atom. The Balaban J connectivity index is 1.41. The zero-order chi connectivity index (χ0) is 24.1. The minimum atomic E-state index is -3.62. The van der Waals surface area contributed by atoms with Gasteiger partial charge in [-0.25, -0.2) is 13.1 Å². The number of nitrogens with zero attached hydrogens (tertiary/aromatic N) is 3. The van der Waals surface area contributed by atoms with E-state index >= 15 is 0 Å². The van der Waals surface area contributed by atoms with Gasteiger partial charge in [0, 0.05) is 38.1 Å². The Kier molecular flexibility index (Phi) is 7.87. The molecule has 2 aromatic rings. The van der Waals surface area contributed by atoms with Gasteiger partial charge in [0.1, 0.15) is 5.56 Å². The minimum Gasteiger partial charge on any atom is -0.379 e. The lowest BCUT2D eigenvalue weighted by Crippen LogP contribution is -2.41. The first kappa shape index (κ1) is 24.6. The molecule has 1 aliphatic heterocycles. The molecule has 2 fully saturated rings. The molecule has 2 aliphatic rings. The lowest BCUT2D eigenvalue weighted by molar-refractivity contribution is 0.0390. The summed E-state index contributed by atoms with van der Waals surface area (Å²) in [5.41, 5.74) is 6.54. The average molecular weight is 491 g/mol. The number of aromatic nitrogens is 2. The van der Waals surface area contributed by atoms with Crippen molar-refractivity contribution in [2.24, 2.45) is 11.7 Å². The molecule has 10 nitrogen and oxygen atoms in total. The highest BCUT2D eigenvalue weighted by Gasteiger charge is 2.26. The van der Waals surface area contributed by atoms with Crippen molar-refractivity contribution in [1.29, 1.82) is 0 Å². The second kappa shape index (κ2) is 10.9. The first-order valence-electron chi connectivity index (χ1n) is 11.9. The number of rotatable bonds is 9. The fourth-order valence-electron chi connectivity index (χ4n) is 4.62. The molecule has 1 saturated carbocycles. The molecule has 186 valence electrons. The van der Waals surface area contributed by atoms with Crippen LogP contribution in [0.25, 0.3) is 0 Å². The van der Waals surface area contributed by atoms with E-state index in [1.165, 1.54) is 18.6 Å². The summed E-state index contributed by atoms with van der Waals surface area (Å²) in [5.74, 6) is 0.299. The maximum absolute atomic E-state index is 12.6. The smallest absolute Gasteiger partial charge is 0.254 e. The van der Waals surface area contributed by atoms with Gasteiger partial charge in [-0.15, -0.1) is 0 Å². The summed E-state index contributed by atoms with van der Waals surface area (Å²) in [6.45, 7) is 6.15. The van der Waals surface area contributed by atoms with E-state index < -0.39 is 15.9 Å². The van der Waals surface area contributed by atoms with Crippen molar-refractivity contribution in [2.75, 3.05) is 44.7 Å². The van der Waals surface area contributed by atoms with E-state index in [4.69, 9.17) is 10.5 Å². The lowest BCUT2D eigenvalue weighted by Gasteiger charge is -2.28. The SMILES string of the molecule is C[C@@H]1CCCC[C@H]1n1cc(C(N)=O)c(Nc2ccc(S(=O)(=O)NCCN3CCOCC3)cc2)n1. The number of primary amides is 1. The normalized spacial score (nSPS) is 21.9. The molecule has 0 radical (unpaired) electrons. The Bertz CT molecular complexity index is 1080. The van der Waals surface area contributed by atoms with Gasteiger partial charge < -0.3 is 15.8 Å². The van der Waals surface area contributed by atoms with Gasteiger partial charge >= 0.3 is 0 Å². The Labute approximate surface area is 200 Å². The van der Waals surface area contributed by atoms with E-state index in [1.54, 1.807) is 18.3 Å². The van der Waals surface area contributed by atoms with Crippen LogP contribution in [0.1, 0.15) is 49.0 Å². The number of amides is 1. The quantitative estimate of drug-likeness (QED) is 0.490. The van der Waals surface area contributed by atoms with Crippen LogP contribution in [0.4, 0.5) is 11.5 Å². The summed E-state index contributed by atoms with van der Waals surface area (Å²) in [5, 5.41) is 7.74. The minimum absolute atomic E-state index is 0.178. The van der Waals surface area contributed by atoms with Crippen LogP contribution < -0.4 is 15.8 Å². The van der Waals surface area contributed by atoms with Gasteiger partial charge in [-0.2, -0.15) is 5.10 Å². The predicted octanol–water partition coefficient (Wildman–Crippen LogP) is 2.09. The van der Waals surface area contributed by atoms with Crippen LogP contribution in [0.3, 0.4) is 0 Å². The van der Waals surface area contributed by atoms with Gasteiger partial charge in [-0.3, -0.25) is 14.4 Å². The molecule has 2 atom stereocenters. The van der Waals surface area contributed by atoms with Gasteiger partial charge in [0.2, 0.25) is 10.0 Å². The maximum Gasteiger partial charge on any atom is 0.254 e. The van der Waals surface area contributed by atoms with Crippen molar-refractivity contribution in [1.82, 2.24) is 19.4 Å². The van der Waals surface area contributed by atoms with Crippen molar-refractivity contribution < 1.29 is 17.9 Å². The van der Waals surface area contributed by atoms with Crippen LogP contribution in [-0.2, 0) is 14.8 Å². The van der Waals surface area contributed by atoms with Gasteiger partial charge in [0.25, 0.3) is 5.91 Å². The van der Waals surface area contributed by atoms with Crippen LogP contribution in [-0.4, -0.2) is 68.4 Å². The Morgan fingerprint density at radius 1 is 1.18 bits per heavy atom. The molecule has 11 heteroatoms. The van der Waals surface area contributed by atoms with E-state index in [1.807, 2.05) is 4.68 Å². The highest BCUT2D eigenvalue weighted by atomic mass is 32.2. The van der Waals surface area contributed by atoms with E-state index in [9.17, 15) is 13.2 Å². The van der Waals surface area contributed by atoms with Crippen molar-refractivity contribution in [2.45, 2.75) is 43.5 Å². The Hall–Kier alpha value is -2.47. The summed E-state index contributed by atoms with van der Waals surface area (Å²) < 4.78 is 35.1. The molecule has 4 rings (SSSR count). The van der Waals surface area contributed by atoms with Gasteiger partial charge in [0.05, 0.1) is 24.2 Å². The second-order valence-corrected chi connectivity index (χ2v) is 10.8. The number of benzene rings is 1. The largest absolute Gasteiger partial charge is 0.379 e. The van der Waals surface area contributed by atoms with Gasteiger partial charge in [-0.1, -0.05) is 19.8 Å². The molecular formula is C23H34N6O4S. The topological polar surface area (TPSA) is 132 Å². The molecule has 0 bridgehead atoms. The van der Waals surface area contributed by atoms with Gasteiger partial charge in [0.15, 0.2) is 5.82 Å². The zero-order valence-electron chi connectivity index (χ0n) is 19.6. The molecule has 2 heterocycles. The number of hydrogen-bond donors (Lipinski definition) is 3. The standard InChI is InChI=1S/C23H34N6O4S/c1-17-4-2-3-5-21(17)29-16-20(22(24)30)23(27-29)26-18-6-8-19(9-7-18)34(31,32)25-10-11-28-12-14-33-15-13-28/h6-9,16-17,21,25H,2-5,10-15H2,1H3,(H2,24,30)(H,26,27)/t17-,21-/m1/s1. The van der Waals surface area contributed by atoms with Crippen molar-refractivity contribution in [3.63, 3.8) is 0 Å². The average Bonchev–Trinajstić information content (AvgIpc) is 3.24. The van der Waals surface area contributed by atoms with E-state index in [0.29, 0.717) is 49.3 Å². The third-order valence-electron chi connectivity index (χ3n) is 6.65. The van der Waals surface area contributed by atoms with Crippen molar-refractivity contribution >= 4 is 27.4 Å². The zero-order valence-corrected chi connectivity index (χ0v) is 20.4. The number of nitrogens with two attached hydrogens (primary N) is 1. The number of nitrogens with one attached hydrogen (secondary N) is 2. The highest BCUT2D eigenvalue weighted by molar-refractivity contribution is 7.89. The molecule has 1 aromatic carbocycles. The highest BCUT2D eigenvalue weighted by Crippen LogP contribution is 2.34. The fourth-order valence-corrected chi connectivity index (χ4v) is 5.65. The molecule has 1 aliphatic carbocycles. The molecule has 1 amide bonds. The van der Waals surface area contributed by atoms with Crippen LogP contribution >= 0.6 is 0 Å². The number of carbonyl (C=O) groups excluding carboxylic acids is 1. The molecule has 34 heavy (non-hydrogen) atoms. The van der Waals surface area contributed by atoms with E-state index in [0.717, 1.165) is 32.4 Å². The predicted molar refractivity (Wildman–Crippen MR) is 130 cm³/mol. The molecule has 1 aromatic heterocycles. The Morgan fingerprint density at radius 3 is 2.56 bits per heavy atom. The maximum atomic E-state index is 12.6. The van der Waals surface area contributed by atoms with Crippen LogP contribution in [0.2, 0.25) is 0 Å². The van der Waals surface area contributed by atoms with E-state index in [-0.39, 0.29) is 10.9 Å². The first-order chi connectivity index (χ1) is 16.3. The fraction of sp³-hybridized carbons (Fsp3) is 0.565. The molecule has 0 unspecified atom stereocenters. The van der Waals surface area contributed by atoms with E-state index in [2.05, 4.69) is 27.0 Å². The van der Waals surface area contributed by atoms with Gasteiger partial charge in [-0.05, 0) is 43.0 Å². The number of anilines is 2. The molecule has 4 N–H and O–H groups in total. The summed E-state index contributed by atoms with van der Waals surface area (Å²) >= 11 is 0. The number of sulfonamides is 1. The van der Waals surface area contributed by atoms with Crippen LogP contribution in [0, 0.1) is 5.92 Å². The summed E-state index contributed by atoms with van der Waals surface area (Å²) in [6.07, 6.45) is 6.22. The number of ether oxygens (including phenoxy) is 1. The van der Waals surface area contributed by atoms with Crippen LogP contribution in [0.5, 0.6) is 0 Å². The van der Waals surface area contributed by atoms with Crippen LogP contribution in [0.15, 0.2) is 35.4 Å². The molecule has 0 spiro atoms. The van der Waals surface area contributed by atoms with Crippen molar-refractivity contribution in [3.8, 4) is 0 Å². The lowest BCUT2D eigenvalue weighted by atomic mass is 9.86. The first-order valence-corrected chi connectivity index (χ1v) is 13.4. The number of morpholine rings is 1. The number of carbonyl (C=O) groups is 1. The monoisotopic (exact) mass is 490 g/mol. The summed E-state index contributed by atoms with van der Waals surface area (Å²) in [7, 11) is -3.62. The number of hydrogen-bond acceptors (Lipinski definition) is 7. The third-order valence-corrected chi connectivity index (χ3v) is 8.13. The van der Waals surface area contributed by atoms with Crippen molar-refractivity contribution in [3.05, 3.63) is 36.0 Å². The second-order valence-electron chi connectivity index (χ2n) is 9.07.